The van der Waals surface area contributed by atoms with E-state index < -0.39 is 5.97 Å². The molecule has 0 saturated carbocycles. The van der Waals surface area contributed by atoms with Gasteiger partial charge in [0.1, 0.15) is 0 Å². The number of amides is 1. The summed E-state index contributed by atoms with van der Waals surface area (Å²) in [6.45, 7) is 3.21. The zero-order valence-corrected chi connectivity index (χ0v) is 17.0. The fourth-order valence-corrected chi connectivity index (χ4v) is 1.61. The molecule has 0 fully saturated rings. The SMILES string of the molecule is CC(=O)[O-].CCCCCCCCCCCC(N)=O.N=C(N)N.[Na+]. The molecule has 0 bridgehead atoms. The third kappa shape index (κ3) is 75.1. The second-order valence-corrected chi connectivity index (χ2v) is 4.99. The average Bonchev–Trinajstić information content (AvgIpc) is 2.35. The van der Waals surface area contributed by atoms with Gasteiger partial charge in [-0.25, -0.2) is 0 Å². The summed E-state index contributed by atoms with van der Waals surface area (Å²) in [5.41, 5.74) is 14.0. The molecule has 132 valence electrons. The molecule has 7 nitrogen and oxygen atoms in total. The van der Waals surface area contributed by atoms with E-state index in [0.29, 0.717) is 6.42 Å². The Hall–Kier alpha value is -0.790. The van der Waals surface area contributed by atoms with Gasteiger partial charge in [-0.1, -0.05) is 58.3 Å². The van der Waals surface area contributed by atoms with Crippen molar-refractivity contribution in [2.75, 3.05) is 0 Å². The van der Waals surface area contributed by atoms with E-state index in [1.807, 2.05) is 0 Å². The number of primary amides is 1. The van der Waals surface area contributed by atoms with Crippen LogP contribution in [0.5, 0.6) is 0 Å². The second-order valence-electron chi connectivity index (χ2n) is 4.99. The summed E-state index contributed by atoms with van der Waals surface area (Å²) in [4.78, 5) is 19.3. The van der Waals surface area contributed by atoms with Crippen LogP contribution in [0.4, 0.5) is 0 Å². The fourth-order valence-electron chi connectivity index (χ4n) is 1.61. The van der Waals surface area contributed by atoms with E-state index in [9.17, 15) is 4.79 Å². The number of rotatable bonds is 10. The second kappa shape index (κ2) is 26.1. The Kier molecular flexibility index (Phi) is 34.2. The largest absolute Gasteiger partial charge is 1.00 e. The first kappa shape index (κ1) is 30.1. The van der Waals surface area contributed by atoms with Crippen molar-refractivity contribution in [1.82, 2.24) is 0 Å². The molecule has 0 rings (SSSR count). The molecule has 0 unspecified atom stereocenters. The molecule has 0 aromatic heterocycles. The molecule has 0 aliphatic carbocycles. The number of nitrogens with two attached hydrogens (primary N) is 3. The number of carboxylic acid groups (broad SMARTS) is 1. The van der Waals surface area contributed by atoms with Crippen molar-refractivity contribution in [3.05, 3.63) is 0 Å². The predicted molar refractivity (Wildman–Crippen MR) is 87.8 cm³/mol. The Labute approximate surface area is 162 Å². The first-order chi connectivity index (χ1) is 10.2. The number of nitrogens with one attached hydrogen (secondary N) is 1. The van der Waals surface area contributed by atoms with Crippen LogP contribution in [0.15, 0.2) is 0 Å². The van der Waals surface area contributed by atoms with Crippen LogP contribution in [-0.2, 0) is 9.59 Å². The maximum absolute atomic E-state index is 10.4. The Morgan fingerprint density at radius 3 is 1.39 bits per heavy atom. The maximum Gasteiger partial charge on any atom is 1.00 e. The molecular weight excluding hydrogens is 307 g/mol. The van der Waals surface area contributed by atoms with Crippen LogP contribution in [-0.4, -0.2) is 17.8 Å². The van der Waals surface area contributed by atoms with E-state index in [0.717, 1.165) is 19.8 Å². The van der Waals surface area contributed by atoms with Crippen LogP contribution in [0, 0.1) is 5.41 Å². The van der Waals surface area contributed by atoms with Crippen molar-refractivity contribution in [2.45, 2.75) is 78.1 Å². The maximum atomic E-state index is 10.4. The summed E-state index contributed by atoms with van der Waals surface area (Å²) in [7, 11) is 0. The minimum atomic E-state index is -1.08. The molecule has 0 atom stereocenters. The van der Waals surface area contributed by atoms with E-state index in [1.165, 1.54) is 44.9 Å². The van der Waals surface area contributed by atoms with Gasteiger partial charge in [0.2, 0.25) is 5.91 Å². The summed E-state index contributed by atoms with van der Waals surface area (Å²) in [5, 5.41) is 14.9. The molecule has 8 heteroatoms. The van der Waals surface area contributed by atoms with Crippen molar-refractivity contribution in [3.63, 3.8) is 0 Å². The normalized spacial score (nSPS) is 8.43. The van der Waals surface area contributed by atoms with Gasteiger partial charge >= 0.3 is 29.6 Å². The van der Waals surface area contributed by atoms with Gasteiger partial charge in [-0.05, 0) is 13.3 Å². The van der Waals surface area contributed by atoms with E-state index in [-0.39, 0.29) is 41.4 Å². The average molecular weight is 340 g/mol. The van der Waals surface area contributed by atoms with Crippen molar-refractivity contribution >= 4 is 17.8 Å². The fraction of sp³-hybridized carbons (Fsp3) is 0.800. The number of carbonyl (C=O) groups is 2. The van der Waals surface area contributed by atoms with E-state index in [1.54, 1.807) is 0 Å². The minimum Gasteiger partial charge on any atom is -0.550 e. The number of carboxylic acids is 1. The molecule has 0 spiro atoms. The van der Waals surface area contributed by atoms with Gasteiger partial charge in [-0.15, -0.1) is 0 Å². The van der Waals surface area contributed by atoms with Crippen molar-refractivity contribution in [2.24, 2.45) is 17.2 Å². The summed E-state index contributed by atoms with van der Waals surface area (Å²) in [6, 6.07) is 0. The molecule has 7 N–H and O–H groups in total. The third-order valence-electron chi connectivity index (χ3n) is 2.53. The molecule has 1 amide bonds. The van der Waals surface area contributed by atoms with Gasteiger partial charge in [0, 0.05) is 12.4 Å². The van der Waals surface area contributed by atoms with Crippen molar-refractivity contribution < 1.29 is 44.3 Å². The molecule has 0 aliphatic heterocycles. The van der Waals surface area contributed by atoms with E-state index >= 15 is 0 Å². The summed E-state index contributed by atoms with van der Waals surface area (Å²) < 4.78 is 0. The smallest absolute Gasteiger partial charge is 0.550 e. The van der Waals surface area contributed by atoms with Gasteiger partial charge in [0.25, 0.3) is 0 Å². The molecule has 0 aromatic carbocycles. The van der Waals surface area contributed by atoms with E-state index in [2.05, 4.69) is 18.4 Å². The van der Waals surface area contributed by atoms with Gasteiger partial charge in [-0.2, -0.15) is 0 Å². The first-order valence-corrected chi connectivity index (χ1v) is 7.79. The molecule has 0 radical (unpaired) electrons. The molecule has 0 aromatic rings. The first-order valence-electron chi connectivity index (χ1n) is 7.79. The topological polar surface area (TPSA) is 159 Å². The Balaban J connectivity index is -0.000000167. The number of aliphatic carboxylic acids is 1. The third-order valence-corrected chi connectivity index (χ3v) is 2.53. The number of hydrogen-bond acceptors (Lipinski definition) is 4. The van der Waals surface area contributed by atoms with E-state index in [4.69, 9.17) is 21.0 Å². The van der Waals surface area contributed by atoms with Crippen LogP contribution in [0.3, 0.4) is 0 Å². The zero-order chi connectivity index (χ0) is 17.8. The van der Waals surface area contributed by atoms with Gasteiger partial charge in [0.05, 0.1) is 0 Å². The zero-order valence-electron chi connectivity index (χ0n) is 15.0. The van der Waals surface area contributed by atoms with Crippen LogP contribution in [0.1, 0.15) is 78.1 Å². The van der Waals surface area contributed by atoms with Gasteiger partial charge in [-0.3, -0.25) is 10.2 Å². The summed E-state index contributed by atoms with van der Waals surface area (Å²) >= 11 is 0. The Morgan fingerprint density at radius 1 is 0.870 bits per heavy atom. The van der Waals surface area contributed by atoms with Crippen LogP contribution in [0.25, 0.3) is 0 Å². The molecule has 0 saturated heterocycles. The molecule has 23 heavy (non-hydrogen) atoms. The number of unbranched alkanes of at least 4 members (excludes halogenated alkanes) is 8. The molecular formula is C15H33N4NaO3. The summed E-state index contributed by atoms with van der Waals surface area (Å²) in [6.07, 6.45) is 12.1. The number of carbonyl (C=O) groups excluding carboxylic acids is 2. The van der Waals surface area contributed by atoms with Gasteiger partial charge < -0.3 is 27.1 Å². The minimum absolute atomic E-state index is 0. The number of hydrogen-bond donors (Lipinski definition) is 4. The Bertz CT molecular complexity index is 270. The predicted octanol–water partition coefficient (Wildman–Crippen LogP) is -2.01. The monoisotopic (exact) mass is 340 g/mol. The molecule has 0 heterocycles. The van der Waals surface area contributed by atoms with Crippen molar-refractivity contribution in [3.8, 4) is 0 Å². The standard InChI is InChI=1S/C12H25NO.C2H4O2.CH5N3.Na/c1-2-3-4-5-6-7-8-9-10-11-12(13)14;1-2(3)4;2-1(3)4;/h2-11H2,1H3,(H2,13,14);1H3,(H,3,4);(H5,2,3,4);/q;;;+1/p-1. The van der Waals surface area contributed by atoms with Crippen LogP contribution in [0.2, 0.25) is 0 Å². The van der Waals surface area contributed by atoms with Crippen molar-refractivity contribution in [1.29, 1.82) is 5.41 Å². The number of guanidine groups is 1. The van der Waals surface area contributed by atoms with Crippen LogP contribution >= 0.6 is 0 Å². The molecule has 0 aliphatic rings. The Morgan fingerprint density at radius 2 is 1.13 bits per heavy atom. The quantitative estimate of drug-likeness (QED) is 0.156. The van der Waals surface area contributed by atoms with Gasteiger partial charge in [0.15, 0.2) is 5.96 Å². The summed E-state index contributed by atoms with van der Waals surface area (Å²) in [5.74, 6) is -1.58. The van der Waals surface area contributed by atoms with Crippen LogP contribution < -0.4 is 51.9 Å².